The van der Waals surface area contributed by atoms with E-state index in [2.05, 4.69) is 20.9 Å². The van der Waals surface area contributed by atoms with Gasteiger partial charge in [0.1, 0.15) is 5.75 Å². The Kier molecular flexibility index (Phi) is 8.74. The van der Waals surface area contributed by atoms with Gasteiger partial charge in [-0.25, -0.2) is 4.79 Å². The molecule has 2 aromatic carbocycles. The van der Waals surface area contributed by atoms with E-state index < -0.39 is 0 Å². The fourth-order valence-corrected chi connectivity index (χ4v) is 3.61. The smallest absolute Gasteiger partial charge is 0.323 e. The van der Waals surface area contributed by atoms with Crippen LogP contribution in [-0.2, 0) is 4.74 Å². The average molecular weight is 441 g/mol. The van der Waals surface area contributed by atoms with Gasteiger partial charge in [-0.15, -0.1) is 0 Å². The van der Waals surface area contributed by atoms with Crippen LogP contribution in [0.2, 0.25) is 0 Å². The quantitative estimate of drug-likeness (QED) is 0.484. The van der Waals surface area contributed by atoms with Crippen molar-refractivity contribution < 1.29 is 19.1 Å². The first-order valence-electron chi connectivity index (χ1n) is 11.1. The van der Waals surface area contributed by atoms with Crippen LogP contribution < -0.4 is 25.6 Å². The Bertz CT molecular complexity index is 895. The van der Waals surface area contributed by atoms with Crippen molar-refractivity contribution in [2.24, 2.45) is 0 Å². The Morgan fingerprint density at radius 3 is 2.38 bits per heavy atom. The fraction of sp³-hybridized carbons (Fsp3) is 0.417. The molecule has 1 aliphatic rings. The average Bonchev–Trinajstić information content (AvgIpc) is 3.34. The molecular weight excluding hydrogens is 408 g/mol. The third-order valence-corrected chi connectivity index (χ3v) is 5.25. The molecule has 0 atom stereocenters. The highest BCUT2D eigenvalue weighted by molar-refractivity contribution is 6.04. The molecule has 1 fully saturated rings. The molecule has 0 saturated carbocycles. The highest BCUT2D eigenvalue weighted by atomic mass is 16.5. The number of carbonyl (C=O) groups is 2. The molecule has 0 spiro atoms. The van der Waals surface area contributed by atoms with Gasteiger partial charge in [-0.05, 0) is 68.7 Å². The summed E-state index contributed by atoms with van der Waals surface area (Å²) in [6.07, 6.45) is 2.97. The molecule has 1 aliphatic heterocycles. The van der Waals surface area contributed by atoms with E-state index >= 15 is 0 Å². The molecule has 2 aromatic rings. The molecule has 3 amide bonds. The number of methoxy groups -OCH3 is 1. The van der Waals surface area contributed by atoms with Crippen LogP contribution in [0.4, 0.5) is 21.9 Å². The maximum Gasteiger partial charge on any atom is 0.323 e. The predicted molar refractivity (Wildman–Crippen MR) is 127 cm³/mol. The third-order valence-electron chi connectivity index (χ3n) is 5.25. The Hall–Kier alpha value is -3.26. The van der Waals surface area contributed by atoms with E-state index in [1.807, 2.05) is 19.1 Å². The van der Waals surface area contributed by atoms with Crippen molar-refractivity contribution in [2.45, 2.75) is 26.2 Å². The van der Waals surface area contributed by atoms with E-state index in [0.717, 1.165) is 38.0 Å². The number of nitrogens with zero attached hydrogens (tertiary/aromatic N) is 1. The van der Waals surface area contributed by atoms with Gasteiger partial charge in [0.05, 0.1) is 12.7 Å². The first-order valence-corrected chi connectivity index (χ1v) is 11.1. The number of hydrogen-bond donors (Lipinski definition) is 3. The Labute approximate surface area is 189 Å². The van der Waals surface area contributed by atoms with Crippen molar-refractivity contribution in [3.63, 3.8) is 0 Å². The van der Waals surface area contributed by atoms with E-state index in [1.54, 1.807) is 37.4 Å². The van der Waals surface area contributed by atoms with Crippen LogP contribution in [0, 0.1) is 0 Å². The minimum absolute atomic E-state index is 0.150. The van der Waals surface area contributed by atoms with Gasteiger partial charge in [0.25, 0.3) is 5.91 Å². The lowest BCUT2D eigenvalue weighted by Gasteiger charge is -2.22. The number of ether oxygens (including phenoxy) is 2. The summed E-state index contributed by atoms with van der Waals surface area (Å²) in [6.45, 7) is 5.62. The van der Waals surface area contributed by atoms with Gasteiger partial charge in [-0.1, -0.05) is 0 Å². The molecule has 1 heterocycles. The summed E-state index contributed by atoms with van der Waals surface area (Å²) in [7, 11) is 1.59. The largest absolute Gasteiger partial charge is 0.497 e. The lowest BCUT2D eigenvalue weighted by molar-refractivity contribution is 0.0944. The summed E-state index contributed by atoms with van der Waals surface area (Å²) in [5.41, 5.74) is 2.65. The Morgan fingerprint density at radius 1 is 1.00 bits per heavy atom. The zero-order valence-corrected chi connectivity index (χ0v) is 18.8. The van der Waals surface area contributed by atoms with Crippen molar-refractivity contribution in [3.8, 4) is 5.75 Å². The summed E-state index contributed by atoms with van der Waals surface area (Å²) in [4.78, 5) is 27.6. The summed E-state index contributed by atoms with van der Waals surface area (Å²) in [6, 6.07) is 12.2. The second kappa shape index (κ2) is 12.0. The van der Waals surface area contributed by atoms with Crippen LogP contribution in [0.1, 0.15) is 36.5 Å². The molecule has 1 saturated heterocycles. The molecule has 0 bridgehead atoms. The van der Waals surface area contributed by atoms with Crippen LogP contribution >= 0.6 is 0 Å². The van der Waals surface area contributed by atoms with Gasteiger partial charge in [0.15, 0.2) is 0 Å². The normalized spacial score (nSPS) is 13.0. The van der Waals surface area contributed by atoms with Gasteiger partial charge in [0, 0.05) is 49.9 Å². The van der Waals surface area contributed by atoms with Crippen molar-refractivity contribution >= 4 is 29.0 Å². The highest BCUT2D eigenvalue weighted by Gasteiger charge is 2.20. The predicted octanol–water partition coefficient (Wildman–Crippen LogP) is 4.10. The molecule has 32 heavy (non-hydrogen) atoms. The maximum atomic E-state index is 12.9. The van der Waals surface area contributed by atoms with Crippen LogP contribution in [-0.4, -0.2) is 51.9 Å². The van der Waals surface area contributed by atoms with Gasteiger partial charge >= 0.3 is 6.03 Å². The first-order chi connectivity index (χ1) is 15.6. The van der Waals surface area contributed by atoms with Gasteiger partial charge < -0.3 is 30.3 Å². The highest BCUT2D eigenvalue weighted by Crippen LogP contribution is 2.28. The van der Waals surface area contributed by atoms with E-state index in [1.165, 1.54) is 0 Å². The molecule has 8 heteroatoms. The summed E-state index contributed by atoms with van der Waals surface area (Å²) in [5, 5.41) is 8.57. The number of anilines is 3. The third kappa shape index (κ3) is 6.62. The van der Waals surface area contributed by atoms with Gasteiger partial charge in [-0.2, -0.15) is 0 Å². The number of rotatable bonds is 10. The lowest BCUT2D eigenvalue weighted by Crippen LogP contribution is -2.29. The minimum Gasteiger partial charge on any atom is -0.497 e. The first kappa shape index (κ1) is 23.4. The second-order valence-electron chi connectivity index (χ2n) is 7.54. The number of amides is 3. The summed E-state index contributed by atoms with van der Waals surface area (Å²) < 4.78 is 10.5. The minimum atomic E-state index is -0.382. The van der Waals surface area contributed by atoms with Crippen LogP contribution in [0.15, 0.2) is 42.5 Å². The number of benzene rings is 2. The number of hydrogen-bond acceptors (Lipinski definition) is 5. The monoisotopic (exact) mass is 440 g/mol. The molecule has 0 radical (unpaired) electrons. The van der Waals surface area contributed by atoms with Crippen molar-refractivity contribution in [3.05, 3.63) is 48.0 Å². The molecular formula is C24H32N4O4. The molecule has 3 N–H and O–H groups in total. The van der Waals surface area contributed by atoms with Gasteiger partial charge in [-0.3, -0.25) is 4.79 Å². The second-order valence-corrected chi connectivity index (χ2v) is 7.54. The van der Waals surface area contributed by atoms with Crippen molar-refractivity contribution in [2.75, 3.05) is 55.5 Å². The van der Waals surface area contributed by atoms with E-state index in [4.69, 9.17) is 9.47 Å². The number of nitrogens with one attached hydrogen (secondary N) is 3. The molecule has 8 nitrogen and oxygen atoms in total. The molecule has 0 unspecified atom stereocenters. The van der Waals surface area contributed by atoms with Crippen molar-refractivity contribution in [1.82, 2.24) is 5.32 Å². The number of carbonyl (C=O) groups excluding carboxylic acids is 2. The lowest BCUT2D eigenvalue weighted by atomic mass is 10.1. The molecule has 172 valence electrons. The maximum absolute atomic E-state index is 12.9. The summed E-state index contributed by atoms with van der Waals surface area (Å²) in [5.74, 6) is 0.563. The summed E-state index contributed by atoms with van der Waals surface area (Å²) >= 11 is 0. The number of urea groups is 1. The zero-order valence-electron chi connectivity index (χ0n) is 18.8. The van der Waals surface area contributed by atoms with E-state index in [0.29, 0.717) is 42.4 Å². The van der Waals surface area contributed by atoms with Crippen LogP contribution in [0.5, 0.6) is 5.75 Å². The van der Waals surface area contributed by atoms with Gasteiger partial charge in [0.2, 0.25) is 0 Å². The SMILES string of the molecule is CCOCCCNC(=O)c1cc(NC(=O)Nc2ccc(OC)cc2)ccc1N1CCCC1. The standard InChI is InChI=1S/C24H32N4O4/c1-3-32-16-6-13-25-23(29)21-17-19(9-12-22(21)28-14-4-5-15-28)27-24(30)26-18-7-10-20(31-2)11-8-18/h7-12,17H,3-6,13-16H2,1-2H3,(H,25,29)(H2,26,27,30). The molecule has 0 aliphatic carbocycles. The van der Waals surface area contributed by atoms with E-state index in [9.17, 15) is 9.59 Å². The van der Waals surface area contributed by atoms with Crippen LogP contribution in [0.25, 0.3) is 0 Å². The Balaban J connectivity index is 1.68. The fourth-order valence-electron chi connectivity index (χ4n) is 3.61. The zero-order chi connectivity index (χ0) is 22.8. The molecule has 3 rings (SSSR count). The van der Waals surface area contributed by atoms with Crippen molar-refractivity contribution in [1.29, 1.82) is 0 Å². The molecule has 0 aromatic heterocycles. The topological polar surface area (TPSA) is 91.9 Å². The van der Waals surface area contributed by atoms with Crippen LogP contribution in [0.3, 0.4) is 0 Å². The Morgan fingerprint density at radius 2 is 1.69 bits per heavy atom. The van der Waals surface area contributed by atoms with E-state index in [-0.39, 0.29) is 11.9 Å².